The van der Waals surface area contributed by atoms with Crippen LogP contribution in [0.3, 0.4) is 0 Å². The molecular formula is C26H33FN6O. The van der Waals surface area contributed by atoms with Crippen molar-refractivity contribution >= 4 is 23.4 Å². The zero-order chi connectivity index (χ0) is 25.0. The summed E-state index contributed by atoms with van der Waals surface area (Å²) < 4.78 is 20.5. The van der Waals surface area contributed by atoms with Crippen LogP contribution < -0.4 is 21.9 Å². The zero-order valence-electron chi connectivity index (χ0n) is 20.4. The maximum Gasteiger partial charge on any atom is 0.166 e. The Balaban J connectivity index is 2.43. The number of hydrogen-bond acceptors (Lipinski definition) is 7. The molecule has 1 aliphatic rings. The molecule has 3 rings (SSSR count). The van der Waals surface area contributed by atoms with Gasteiger partial charge >= 0.3 is 0 Å². The van der Waals surface area contributed by atoms with Gasteiger partial charge in [-0.25, -0.2) is 9.37 Å². The molecule has 180 valence electrons. The largest absolute Gasteiger partial charge is 0.482 e. The number of anilines is 1. The summed E-state index contributed by atoms with van der Waals surface area (Å²) in [4.78, 5) is 13.4. The fraction of sp³-hybridized carbons (Fsp3) is 0.346. The molecule has 1 atom stereocenters. The van der Waals surface area contributed by atoms with E-state index in [0.717, 1.165) is 16.7 Å². The highest BCUT2D eigenvalue weighted by Crippen LogP contribution is 2.34. The van der Waals surface area contributed by atoms with E-state index in [1.807, 2.05) is 33.8 Å². The van der Waals surface area contributed by atoms with E-state index >= 15 is 0 Å². The first kappa shape index (κ1) is 25.0. The van der Waals surface area contributed by atoms with Crippen LogP contribution in [-0.4, -0.2) is 30.5 Å². The molecule has 2 heterocycles. The molecule has 1 aromatic heterocycles. The molecule has 0 amide bonds. The number of fused-ring (bicyclic) bond motifs is 3. The van der Waals surface area contributed by atoms with Crippen LogP contribution in [-0.2, 0) is 0 Å². The Morgan fingerprint density at radius 1 is 1.29 bits per heavy atom. The molecule has 6 N–H and O–H groups in total. The van der Waals surface area contributed by atoms with Crippen LogP contribution in [0, 0.1) is 11.7 Å². The number of allylic oxidation sites excluding steroid dienone is 3. The van der Waals surface area contributed by atoms with Gasteiger partial charge in [-0.15, -0.1) is 0 Å². The molecule has 0 saturated carbocycles. The van der Waals surface area contributed by atoms with Crippen LogP contribution in [0.25, 0.3) is 5.70 Å². The number of aromatic nitrogens is 1. The lowest BCUT2D eigenvalue weighted by molar-refractivity contribution is 0.226. The lowest BCUT2D eigenvalue weighted by atomic mass is 9.89. The summed E-state index contributed by atoms with van der Waals surface area (Å²) in [5.74, 6) is 0.280. The number of nitrogens with zero attached hydrogens (tertiary/aromatic N) is 3. The highest BCUT2D eigenvalue weighted by Gasteiger charge is 2.24. The van der Waals surface area contributed by atoms with Gasteiger partial charge in [0.2, 0.25) is 0 Å². The van der Waals surface area contributed by atoms with E-state index in [9.17, 15) is 4.39 Å². The van der Waals surface area contributed by atoms with Gasteiger partial charge < -0.3 is 21.9 Å². The Morgan fingerprint density at radius 2 is 2.03 bits per heavy atom. The van der Waals surface area contributed by atoms with Crippen LogP contribution >= 0.6 is 0 Å². The number of benzene rings is 1. The SMILES string of the molecule is CCN=C1C(=C(N)C(C)C)CC(C=NC)=C(N)c2ccc(F)cc2[C@@H](C)Oc2cc1cnc2N. The molecule has 34 heavy (non-hydrogen) atoms. The van der Waals surface area contributed by atoms with Gasteiger partial charge in [-0.1, -0.05) is 13.8 Å². The van der Waals surface area contributed by atoms with Crippen molar-refractivity contribution < 1.29 is 9.13 Å². The first-order chi connectivity index (χ1) is 16.2. The summed E-state index contributed by atoms with van der Waals surface area (Å²) in [7, 11) is 1.68. The van der Waals surface area contributed by atoms with Crippen molar-refractivity contribution in [1.29, 1.82) is 0 Å². The molecule has 0 fully saturated rings. The second kappa shape index (κ2) is 10.5. The fourth-order valence-corrected chi connectivity index (χ4v) is 3.97. The third kappa shape index (κ3) is 5.11. The predicted octanol–water partition coefficient (Wildman–Crippen LogP) is 4.39. The maximum atomic E-state index is 14.3. The van der Waals surface area contributed by atoms with E-state index < -0.39 is 6.10 Å². The van der Waals surface area contributed by atoms with E-state index in [2.05, 4.69) is 9.98 Å². The zero-order valence-corrected chi connectivity index (χ0v) is 20.4. The van der Waals surface area contributed by atoms with Crippen molar-refractivity contribution in [3.8, 4) is 5.75 Å². The second-order valence-corrected chi connectivity index (χ2v) is 8.51. The lowest BCUT2D eigenvalue weighted by Gasteiger charge is -2.24. The number of ether oxygens (including phenoxy) is 1. The highest BCUT2D eigenvalue weighted by molar-refractivity contribution is 6.14. The van der Waals surface area contributed by atoms with Crippen molar-refractivity contribution in [2.24, 2.45) is 27.4 Å². The predicted molar refractivity (Wildman–Crippen MR) is 137 cm³/mol. The summed E-state index contributed by atoms with van der Waals surface area (Å²) in [6.07, 6.45) is 3.21. The maximum absolute atomic E-state index is 14.3. The molecule has 0 radical (unpaired) electrons. The molecule has 1 aromatic carbocycles. The van der Waals surface area contributed by atoms with Crippen molar-refractivity contribution in [3.05, 3.63) is 69.8 Å². The van der Waals surface area contributed by atoms with E-state index in [0.29, 0.717) is 46.9 Å². The molecular weight excluding hydrogens is 431 g/mol. The number of halogens is 1. The molecule has 0 unspecified atom stereocenters. The Labute approximate surface area is 200 Å². The van der Waals surface area contributed by atoms with Gasteiger partial charge in [0.05, 0.1) is 5.71 Å². The molecule has 8 heteroatoms. The molecule has 2 bridgehead atoms. The van der Waals surface area contributed by atoms with Crippen LogP contribution in [0.4, 0.5) is 10.2 Å². The van der Waals surface area contributed by atoms with Gasteiger partial charge in [0.1, 0.15) is 11.9 Å². The van der Waals surface area contributed by atoms with Gasteiger partial charge in [-0.05, 0) is 49.6 Å². The quantitative estimate of drug-likeness (QED) is 0.581. The number of nitrogen functional groups attached to an aromatic ring is 1. The number of aliphatic imine (C=N–C) groups is 2. The van der Waals surface area contributed by atoms with Gasteiger partial charge in [0, 0.05) is 66.1 Å². The average Bonchev–Trinajstić information content (AvgIpc) is 2.80. The fourth-order valence-electron chi connectivity index (χ4n) is 3.97. The smallest absolute Gasteiger partial charge is 0.166 e. The third-order valence-electron chi connectivity index (χ3n) is 5.77. The molecule has 0 aliphatic carbocycles. The normalized spacial score (nSPS) is 19.6. The first-order valence-corrected chi connectivity index (χ1v) is 11.3. The molecule has 0 saturated heterocycles. The number of nitrogens with two attached hydrogens (primary N) is 3. The summed E-state index contributed by atoms with van der Waals surface area (Å²) >= 11 is 0. The third-order valence-corrected chi connectivity index (χ3v) is 5.77. The first-order valence-electron chi connectivity index (χ1n) is 11.3. The van der Waals surface area contributed by atoms with Gasteiger partial charge in [0.25, 0.3) is 0 Å². The molecule has 7 nitrogen and oxygen atoms in total. The van der Waals surface area contributed by atoms with Crippen molar-refractivity contribution in [3.63, 3.8) is 0 Å². The Kier molecular flexibility index (Phi) is 7.71. The minimum absolute atomic E-state index is 0.0601. The average molecular weight is 465 g/mol. The van der Waals surface area contributed by atoms with Crippen LogP contribution in [0.15, 0.2) is 57.3 Å². The van der Waals surface area contributed by atoms with E-state index in [4.69, 9.17) is 26.9 Å². The molecule has 1 aliphatic heterocycles. The Bertz CT molecular complexity index is 1200. The summed E-state index contributed by atoms with van der Waals surface area (Å²) in [5, 5.41) is 0. The van der Waals surface area contributed by atoms with E-state index in [-0.39, 0.29) is 17.6 Å². The van der Waals surface area contributed by atoms with Gasteiger partial charge in [-0.3, -0.25) is 9.98 Å². The van der Waals surface area contributed by atoms with E-state index in [1.54, 1.807) is 25.5 Å². The Hall–Kier alpha value is -3.68. The number of hydrogen-bond donors (Lipinski definition) is 3. The van der Waals surface area contributed by atoms with Gasteiger partial charge in [0.15, 0.2) is 11.6 Å². The minimum Gasteiger partial charge on any atom is -0.482 e. The van der Waals surface area contributed by atoms with Gasteiger partial charge in [-0.2, -0.15) is 0 Å². The highest BCUT2D eigenvalue weighted by atomic mass is 19.1. The number of rotatable bonds is 3. The monoisotopic (exact) mass is 464 g/mol. The molecule has 2 aromatic rings. The number of pyridine rings is 1. The second-order valence-electron chi connectivity index (χ2n) is 8.51. The van der Waals surface area contributed by atoms with Crippen LogP contribution in [0.1, 0.15) is 56.9 Å². The summed E-state index contributed by atoms with van der Waals surface area (Å²) in [6, 6.07) is 6.27. The molecule has 0 spiro atoms. The van der Waals surface area contributed by atoms with Crippen LogP contribution in [0.2, 0.25) is 0 Å². The van der Waals surface area contributed by atoms with Crippen molar-refractivity contribution in [2.45, 2.75) is 40.2 Å². The van der Waals surface area contributed by atoms with Crippen molar-refractivity contribution in [1.82, 2.24) is 4.98 Å². The summed E-state index contributed by atoms with van der Waals surface area (Å²) in [6.45, 7) is 8.37. The van der Waals surface area contributed by atoms with Crippen LogP contribution in [0.5, 0.6) is 5.75 Å². The Morgan fingerprint density at radius 3 is 2.68 bits per heavy atom. The topological polar surface area (TPSA) is 125 Å². The summed E-state index contributed by atoms with van der Waals surface area (Å²) in [5.41, 5.74) is 24.9. The standard InChI is InChI=1S/C26H33FN6O/c1-6-32-25-17-10-22(26(30)33-13-17)34-15(4)20-11-18(27)7-8-19(20)24(29)16(12-31-5)9-21(25)23(28)14(2)3/h7-8,10-15H,6,9,28-29H2,1-5H3,(H2,30,33)/t15-/m1/s1. The lowest BCUT2D eigenvalue weighted by Crippen LogP contribution is -2.20. The van der Waals surface area contributed by atoms with Crippen molar-refractivity contribution in [2.75, 3.05) is 19.3 Å². The van der Waals surface area contributed by atoms with E-state index in [1.165, 1.54) is 12.1 Å². The minimum atomic E-state index is -0.551.